The summed E-state index contributed by atoms with van der Waals surface area (Å²) >= 11 is 0. The van der Waals surface area contributed by atoms with Crippen LogP contribution in [-0.2, 0) is 23.4 Å². The monoisotopic (exact) mass is 503 g/mol. The number of anilines is 1. The molecule has 1 atom stereocenters. The van der Waals surface area contributed by atoms with Gasteiger partial charge in [0.2, 0.25) is 5.54 Å². The maximum Gasteiger partial charge on any atom is 0.419 e. The molecule has 36 heavy (non-hydrogen) atoms. The number of carbonyl (C=O) groups excluding carboxylic acids is 1. The van der Waals surface area contributed by atoms with Crippen LogP contribution in [0.4, 0.5) is 27.6 Å². The average Bonchev–Trinajstić information content (AvgIpc) is 2.85. The Labute approximate surface area is 206 Å². The molecule has 3 aromatic carbocycles. The first-order chi connectivity index (χ1) is 17.2. The van der Waals surface area contributed by atoms with E-state index in [0.29, 0.717) is 23.7 Å². The minimum atomic E-state index is -5.03. The first kappa shape index (κ1) is 25.6. The third-order valence-electron chi connectivity index (χ3n) is 6.26. The quantitative estimate of drug-likeness (QED) is 0.421. The predicted molar refractivity (Wildman–Crippen MR) is 128 cm³/mol. The van der Waals surface area contributed by atoms with Crippen molar-refractivity contribution in [1.29, 1.82) is 0 Å². The SMILES string of the molecule is O=C1N(CC(F)F)CCNC1(c1ccc(N(Cc2ccccc2)Cc2ccccc2)cc1)C(F)(F)F. The van der Waals surface area contributed by atoms with Gasteiger partial charge in [-0.25, -0.2) is 8.78 Å². The molecule has 0 spiro atoms. The molecule has 0 radical (unpaired) electrons. The van der Waals surface area contributed by atoms with E-state index in [4.69, 9.17) is 0 Å². The molecular formula is C27H26F5N3O. The van der Waals surface area contributed by atoms with Gasteiger partial charge in [0.25, 0.3) is 12.3 Å². The molecule has 0 aliphatic carbocycles. The van der Waals surface area contributed by atoms with Crippen LogP contribution < -0.4 is 10.2 Å². The fraction of sp³-hybridized carbons (Fsp3) is 0.296. The summed E-state index contributed by atoms with van der Waals surface area (Å²) in [5, 5.41) is 2.30. The topological polar surface area (TPSA) is 35.6 Å². The maximum atomic E-state index is 14.4. The van der Waals surface area contributed by atoms with Gasteiger partial charge in [0, 0.05) is 31.9 Å². The number of piperazine rings is 1. The van der Waals surface area contributed by atoms with Crippen molar-refractivity contribution in [2.24, 2.45) is 0 Å². The number of rotatable bonds is 8. The van der Waals surface area contributed by atoms with E-state index in [1.807, 2.05) is 65.6 Å². The smallest absolute Gasteiger partial charge is 0.363 e. The summed E-state index contributed by atoms with van der Waals surface area (Å²) in [4.78, 5) is 15.5. The lowest BCUT2D eigenvalue weighted by Crippen LogP contribution is -2.69. The number of amides is 1. The molecule has 190 valence electrons. The van der Waals surface area contributed by atoms with Crippen LogP contribution in [0.15, 0.2) is 84.9 Å². The van der Waals surface area contributed by atoms with Crippen molar-refractivity contribution >= 4 is 11.6 Å². The molecule has 0 bridgehead atoms. The summed E-state index contributed by atoms with van der Waals surface area (Å²) in [7, 11) is 0. The largest absolute Gasteiger partial charge is 0.419 e. The van der Waals surface area contributed by atoms with Gasteiger partial charge < -0.3 is 9.80 Å². The summed E-state index contributed by atoms with van der Waals surface area (Å²) in [6.07, 6.45) is -7.95. The number of alkyl halides is 5. The van der Waals surface area contributed by atoms with E-state index in [0.717, 1.165) is 11.1 Å². The highest BCUT2D eigenvalue weighted by molar-refractivity contribution is 5.90. The van der Waals surface area contributed by atoms with Crippen molar-refractivity contribution in [3.8, 4) is 0 Å². The Morgan fingerprint density at radius 1 is 0.861 bits per heavy atom. The lowest BCUT2D eigenvalue weighted by molar-refractivity contribution is -0.215. The zero-order chi connectivity index (χ0) is 25.8. The highest BCUT2D eigenvalue weighted by Gasteiger charge is 2.64. The minimum Gasteiger partial charge on any atom is -0.363 e. The number of hydrogen-bond donors (Lipinski definition) is 1. The highest BCUT2D eigenvalue weighted by atomic mass is 19.4. The van der Waals surface area contributed by atoms with Crippen molar-refractivity contribution < 1.29 is 26.7 Å². The van der Waals surface area contributed by atoms with Crippen molar-refractivity contribution in [2.75, 3.05) is 24.5 Å². The number of halogens is 5. The third-order valence-corrected chi connectivity index (χ3v) is 6.26. The Hall–Kier alpha value is -3.46. The summed E-state index contributed by atoms with van der Waals surface area (Å²) in [6, 6.07) is 24.9. The molecule has 1 N–H and O–H groups in total. The van der Waals surface area contributed by atoms with Crippen LogP contribution in [0.25, 0.3) is 0 Å². The average molecular weight is 504 g/mol. The van der Waals surface area contributed by atoms with Crippen LogP contribution in [-0.4, -0.2) is 43.0 Å². The Morgan fingerprint density at radius 3 is 1.86 bits per heavy atom. The molecule has 1 amide bonds. The molecule has 0 saturated carbocycles. The van der Waals surface area contributed by atoms with Gasteiger partial charge in [0.05, 0.1) is 6.54 Å². The van der Waals surface area contributed by atoms with Crippen molar-refractivity contribution in [1.82, 2.24) is 10.2 Å². The van der Waals surface area contributed by atoms with Gasteiger partial charge in [0.15, 0.2) is 0 Å². The van der Waals surface area contributed by atoms with Gasteiger partial charge in [-0.1, -0.05) is 72.8 Å². The predicted octanol–water partition coefficient (Wildman–Crippen LogP) is 5.35. The maximum absolute atomic E-state index is 14.4. The van der Waals surface area contributed by atoms with Gasteiger partial charge in [-0.15, -0.1) is 0 Å². The second-order valence-corrected chi connectivity index (χ2v) is 8.69. The molecule has 1 heterocycles. The fourth-order valence-electron chi connectivity index (χ4n) is 4.51. The Bertz CT molecular complexity index is 1100. The standard InChI is InChI=1S/C27H26F5N3O/c28-24(29)19-34-16-15-33-26(25(34)36,27(30,31)32)22-11-13-23(14-12-22)35(17-20-7-3-1-4-8-20)18-21-9-5-2-6-10-21/h1-14,24,33H,15-19H2. The summed E-state index contributed by atoms with van der Waals surface area (Å²) in [6.45, 7) is -0.495. The highest BCUT2D eigenvalue weighted by Crippen LogP contribution is 2.42. The summed E-state index contributed by atoms with van der Waals surface area (Å²) in [5.74, 6) is -1.42. The minimum absolute atomic E-state index is 0.221. The van der Waals surface area contributed by atoms with Crippen LogP contribution >= 0.6 is 0 Å². The molecule has 1 aliphatic heterocycles. The normalized spacial score (nSPS) is 18.5. The van der Waals surface area contributed by atoms with Crippen LogP contribution in [0.5, 0.6) is 0 Å². The zero-order valence-electron chi connectivity index (χ0n) is 19.4. The number of carbonyl (C=O) groups is 1. The van der Waals surface area contributed by atoms with Crippen LogP contribution in [0, 0.1) is 0 Å². The van der Waals surface area contributed by atoms with E-state index in [9.17, 15) is 26.7 Å². The lowest BCUT2D eigenvalue weighted by atomic mass is 9.85. The second kappa shape index (κ2) is 10.7. The second-order valence-electron chi connectivity index (χ2n) is 8.69. The Kier molecular flexibility index (Phi) is 7.59. The molecule has 4 rings (SSSR count). The summed E-state index contributed by atoms with van der Waals surface area (Å²) in [5.41, 5.74) is -0.701. The number of hydrogen-bond acceptors (Lipinski definition) is 3. The lowest BCUT2D eigenvalue weighted by Gasteiger charge is -2.43. The van der Waals surface area contributed by atoms with E-state index in [1.54, 1.807) is 0 Å². The van der Waals surface area contributed by atoms with Crippen molar-refractivity contribution in [3.05, 3.63) is 102 Å². The van der Waals surface area contributed by atoms with Crippen LogP contribution in [0.1, 0.15) is 16.7 Å². The molecule has 0 aromatic heterocycles. The molecule has 9 heteroatoms. The van der Waals surface area contributed by atoms with Gasteiger partial charge in [-0.05, 0) is 28.8 Å². The molecule has 1 fully saturated rings. The van der Waals surface area contributed by atoms with E-state index in [1.165, 1.54) is 24.3 Å². The molecule has 1 unspecified atom stereocenters. The van der Waals surface area contributed by atoms with Crippen molar-refractivity contribution in [3.63, 3.8) is 0 Å². The van der Waals surface area contributed by atoms with Crippen LogP contribution in [0.3, 0.4) is 0 Å². The molecule has 1 aliphatic rings. The van der Waals surface area contributed by atoms with Gasteiger partial charge >= 0.3 is 6.18 Å². The van der Waals surface area contributed by atoms with E-state index < -0.39 is 30.6 Å². The van der Waals surface area contributed by atoms with Gasteiger partial charge in [-0.2, -0.15) is 13.2 Å². The Balaban J connectivity index is 1.68. The molecule has 4 nitrogen and oxygen atoms in total. The first-order valence-electron chi connectivity index (χ1n) is 11.5. The summed E-state index contributed by atoms with van der Waals surface area (Å²) < 4.78 is 69.0. The fourth-order valence-corrected chi connectivity index (χ4v) is 4.51. The van der Waals surface area contributed by atoms with E-state index in [2.05, 4.69) is 5.32 Å². The Morgan fingerprint density at radius 2 is 1.39 bits per heavy atom. The van der Waals surface area contributed by atoms with E-state index in [-0.39, 0.29) is 18.7 Å². The third kappa shape index (κ3) is 5.36. The first-order valence-corrected chi connectivity index (χ1v) is 11.5. The number of benzene rings is 3. The van der Waals surface area contributed by atoms with E-state index >= 15 is 0 Å². The number of nitrogens with one attached hydrogen (secondary N) is 1. The zero-order valence-corrected chi connectivity index (χ0v) is 19.4. The van der Waals surface area contributed by atoms with Gasteiger partial charge in [0.1, 0.15) is 0 Å². The molecule has 3 aromatic rings. The van der Waals surface area contributed by atoms with Crippen LogP contribution in [0.2, 0.25) is 0 Å². The molecular weight excluding hydrogens is 477 g/mol. The number of nitrogens with zero attached hydrogens (tertiary/aromatic N) is 2. The van der Waals surface area contributed by atoms with Gasteiger partial charge in [-0.3, -0.25) is 10.1 Å². The van der Waals surface area contributed by atoms with Crippen molar-refractivity contribution in [2.45, 2.75) is 31.2 Å². The molecule has 1 saturated heterocycles.